The first-order chi connectivity index (χ1) is 29.5. The number of hydrogen-bond acceptors (Lipinski definition) is 9. The zero-order valence-corrected chi connectivity index (χ0v) is 36.0. The monoisotopic (exact) mass is 831 g/mol. The van der Waals surface area contributed by atoms with Gasteiger partial charge in [0.05, 0.1) is 44.0 Å². The largest absolute Gasteiger partial charge is 0.382 e. The molecule has 6 unspecified atom stereocenters. The first-order valence-electron chi connectivity index (χ1n) is 22.8. The molecule has 9 atom stereocenters. The molecule has 4 aliphatic carbocycles. The maximum absolute atomic E-state index is 13.4. The number of ether oxygens (including phenoxy) is 2. The van der Waals surface area contributed by atoms with Gasteiger partial charge in [0.2, 0.25) is 17.7 Å². The summed E-state index contributed by atoms with van der Waals surface area (Å²) < 4.78 is 11.5. The smallest absolute Gasteiger partial charge is 0.264 e. The minimum Gasteiger partial charge on any atom is -0.382 e. The number of carbonyl (C=O) groups excluding carboxylic acids is 5. The van der Waals surface area contributed by atoms with E-state index >= 15 is 0 Å². The number of amides is 5. The fraction of sp³-hybridized carbons (Fsp3) is 0.592. The molecule has 1 aromatic heterocycles. The highest BCUT2D eigenvalue weighted by atomic mass is 16.5. The van der Waals surface area contributed by atoms with Crippen LogP contribution in [-0.2, 0) is 23.9 Å². The molecule has 4 saturated carbocycles. The van der Waals surface area contributed by atoms with Crippen LogP contribution in [0.5, 0.6) is 0 Å². The zero-order chi connectivity index (χ0) is 42.5. The molecule has 6 aliphatic rings. The molecular formula is C49H61N5O7. The Balaban J connectivity index is 0.690. The second-order valence-corrected chi connectivity index (χ2v) is 19.3. The Bertz CT molecular complexity index is 2210. The summed E-state index contributed by atoms with van der Waals surface area (Å²) in [7, 11) is 1.99. The van der Waals surface area contributed by atoms with E-state index in [9.17, 15) is 24.0 Å². The van der Waals surface area contributed by atoms with Crippen molar-refractivity contribution < 1.29 is 33.4 Å². The molecular weight excluding hydrogens is 771 g/mol. The SMILES string of the molecule is CN(C(=O)CCOCCOCCNc1cccc2c1C(=O)N(C1CCC(=O)NC1=O)C2=O)[C@H]1CC[C@@]2(C)C(CCC3C4CC[C@H](c5ccc6ccncc6c5)C4(C)CCC32)C1. The number of hydrogen-bond donors (Lipinski definition) is 2. The molecule has 9 rings (SSSR count). The van der Waals surface area contributed by atoms with Crippen LogP contribution in [0.2, 0.25) is 0 Å². The number of aromatic nitrogens is 1. The van der Waals surface area contributed by atoms with E-state index in [1.165, 1.54) is 61.3 Å². The highest BCUT2D eigenvalue weighted by molar-refractivity contribution is 6.25. The Morgan fingerprint density at radius 3 is 2.51 bits per heavy atom. The molecule has 2 aliphatic heterocycles. The molecule has 3 aromatic rings. The Hall–Kier alpha value is -4.68. The summed E-state index contributed by atoms with van der Waals surface area (Å²) in [5.74, 6) is 1.67. The van der Waals surface area contributed by atoms with E-state index in [0.717, 1.165) is 35.5 Å². The highest BCUT2D eigenvalue weighted by Crippen LogP contribution is 2.69. The van der Waals surface area contributed by atoms with E-state index in [-0.39, 0.29) is 35.9 Å². The third-order valence-electron chi connectivity index (χ3n) is 16.5. The summed E-state index contributed by atoms with van der Waals surface area (Å²) in [6.07, 6.45) is 15.7. The number of carbonyl (C=O) groups is 5. The Morgan fingerprint density at radius 1 is 0.869 bits per heavy atom. The first kappa shape index (κ1) is 41.7. The summed E-state index contributed by atoms with van der Waals surface area (Å²) in [6, 6.07) is 13.5. The van der Waals surface area contributed by atoms with Crippen molar-refractivity contribution in [3.8, 4) is 0 Å². The molecule has 5 amide bonds. The third-order valence-corrected chi connectivity index (χ3v) is 16.5. The molecule has 0 bridgehead atoms. The number of pyridine rings is 1. The van der Waals surface area contributed by atoms with Gasteiger partial charge in [-0.25, -0.2) is 0 Å². The molecule has 2 N–H and O–H groups in total. The molecule has 1 saturated heterocycles. The van der Waals surface area contributed by atoms with Gasteiger partial charge in [0.15, 0.2) is 0 Å². The van der Waals surface area contributed by atoms with Crippen molar-refractivity contribution >= 4 is 46.0 Å². The Morgan fingerprint density at radius 2 is 1.67 bits per heavy atom. The van der Waals surface area contributed by atoms with E-state index in [2.05, 4.69) is 53.7 Å². The fourth-order valence-corrected chi connectivity index (χ4v) is 13.2. The van der Waals surface area contributed by atoms with Crippen molar-refractivity contribution in [1.29, 1.82) is 0 Å². The van der Waals surface area contributed by atoms with Gasteiger partial charge in [0.1, 0.15) is 6.04 Å². The van der Waals surface area contributed by atoms with Crippen LogP contribution in [0.25, 0.3) is 10.8 Å². The van der Waals surface area contributed by atoms with Gasteiger partial charge in [-0.2, -0.15) is 0 Å². The molecule has 2 aromatic carbocycles. The fourth-order valence-electron chi connectivity index (χ4n) is 13.2. The quantitative estimate of drug-likeness (QED) is 0.136. The van der Waals surface area contributed by atoms with E-state index < -0.39 is 29.7 Å². The van der Waals surface area contributed by atoms with Gasteiger partial charge in [0, 0.05) is 49.5 Å². The third kappa shape index (κ3) is 7.55. The lowest BCUT2D eigenvalue weighted by molar-refractivity contribution is -0.141. The topological polar surface area (TPSA) is 147 Å². The van der Waals surface area contributed by atoms with Crippen LogP contribution in [0, 0.1) is 34.5 Å². The highest BCUT2D eigenvalue weighted by Gasteiger charge is 2.60. The van der Waals surface area contributed by atoms with Gasteiger partial charge in [-0.15, -0.1) is 0 Å². The summed E-state index contributed by atoms with van der Waals surface area (Å²) >= 11 is 0. The molecule has 0 spiro atoms. The molecule has 324 valence electrons. The van der Waals surface area contributed by atoms with Crippen LogP contribution in [0.15, 0.2) is 54.9 Å². The summed E-state index contributed by atoms with van der Waals surface area (Å²) in [5.41, 5.74) is 3.15. The predicted molar refractivity (Wildman–Crippen MR) is 231 cm³/mol. The standard InChI is InChI=1S/C49H61N5O7/c1-48-19-15-34(28-33(48)9-10-35-38-12-11-37(49(38,2)20-16-39(35)48)31-8-7-30-17-21-50-29-32(30)27-31)53(3)43(56)18-23-60-25-26-61-24-22-51-40-6-4-5-36-44(40)47(59)54(46(36)58)41-13-14-42(55)52-45(41)57/h4-8,17,21,27,29,33-35,37-39,41,51H,9-16,18-20,22-26,28H2,1-3H3,(H,52,55,57)/t33?,34-,35?,37+,38?,39?,41?,48-,49?/m0/s1. The summed E-state index contributed by atoms with van der Waals surface area (Å²) in [6.45, 7) is 7.00. The average Bonchev–Trinajstić information content (AvgIpc) is 3.75. The van der Waals surface area contributed by atoms with Crippen LogP contribution >= 0.6 is 0 Å². The summed E-state index contributed by atoms with van der Waals surface area (Å²) in [5, 5.41) is 7.93. The van der Waals surface area contributed by atoms with Gasteiger partial charge < -0.3 is 19.7 Å². The normalized spacial score (nSPS) is 31.9. The number of nitrogens with one attached hydrogen (secondary N) is 2. The van der Waals surface area contributed by atoms with Crippen LogP contribution in [-0.4, -0.2) is 96.4 Å². The number of fused-ring (bicyclic) bond motifs is 7. The lowest BCUT2D eigenvalue weighted by Crippen LogP contribution is -2.55. The van der Waals surface area contributed by atoms with Gasteiger partial charge in [-0.05, 0) is 140 Å². The maximum Gasteiger partial charge on any atom is 0.264 e. The summed E-state index contributed by atoms with van der Waals surface area (Å²) in [4.78, 5) is 71.2. The Kier molecular flexibility index (Phi) is 11.5. The second-order valence-electron chi connectivity index (χ2n) is 19.3. The van der Waals surface area contributed by atoms with E-state index in [0.29, 0.717) is 67.7 Å². The minimum atomic E-state index is -1.01. The number of rotatable bonds is 13. The van der Waals surface area contributed by atoms with Crippen LogP contribution in [0.4, 0.5) is 5.69 Å². The van der Waals surface area contributed by atoms with Crippen molar-refractivity contribution in [2.24, 2.45) is 34.5 Å². The Labute approximate surface area is 358 Å². The molecule has 12 heteroatoms. The number of nitrogens with zero attached hydrogens (tertiary/aromatic N) is 3. The van der Waals surface area contributed by atoms with Crippen molar-refractivity contribution in [2.45, 2.75) is 109 Å². The van der Waals surface area contributed by atoms with Gasteiger partial charge in [-0.1, -0.05) is 32.0 Å². The molecule has 3 heterocycles. The maximum atomic E-state index is 13.4. The zero-order valence-electron chi connectivity index (χ0n) is 36.0. The van der Waals surface area contributed by atoms with Crippen molar-refractivity contribution in [3.63, 3.8) is 0 Å². The van der Waals surface area contributed by atoms with Crippen molar-refractivity contribution in [3.05, 3.63) is 71.5 Å². The van der Waals surface area contributed by atoms with Crippen LogP contribution in [0.3, 0.4) is 0 Å². The van der Waals surface area contributed by atoms with Crippen molar-refractivity contribution in [1.82, 2.24) is 20.1 Å². The van der Waals surface area contributed by atoms with Crippen molar-refractivity contribution in [2.75, 3.05) is 45.3 Å². The lowest BCUT2D eigenvalue weighted by Gasteiger charge is -2.61. The van der Waals surface area contributed by atoms with E-state index in [4.69, 9.17) is 9.47 Å². The van der Waals surface area contributed by atoms with Gasteiger partial charge in [-0.3, -0.25) is 39.2 Å². The molecule has 12 nitrogen and oxygen atoms in total. The first-order valence-corrected chi connectivity index (χ1v) is 22.8. The number of imide groups is 2. The van der Waals surface area contributed by atoms with E-state index in [1.54, 1.807) is 18.2 Å². The average molecular weight is 832 g/mol. The molecule has 0 radical (unpaired) electrons. The van der Waals surface area contributed by atoms with Crippen LogP contribution in [0.1, 0.15) is 123 Å². The molecule has 5 fully saturated rings. The number of anilines is 1. The van der Waals surface area contributed by atoms with Crippen LogP contribution < -0.4 is 10.6 Å². The molecule has 61 heavy (non-hydrogen) atoms. The van der Waals surface area contributed by atoms with E-state index in [1.807, 2.05) is 24.3 Å². The van der Waals surface area contributed by atoms with Gasteiger partial charge in [0.25, 0.3) is 11.8 Å². The number of benzene rings is 2. The predicted octanol–water partition coefficient (Wildman–Crippen LogP) is 7.12. The number of piperidine rings is 1. The lowest BCUT2D eigenvalue weighted by atomic mass is 9.44. The second kappa shape index (κ2) is 16.9. The van der Waals surface area contributed by atoms with Gasteiger partial charge >= 0.3 is 0 Å². The minimum absolute atomic E-state index is 0.0687.